The first-order valence-electron chi connectivity index (χ1n) is 7.16. The normalized spacial score (nSPS) is 21.5. The number of likely N-dealkylation sites (N-methyl/N-ethyl adjacent to an activating group) is 1. The van der Waals surface area contributed by atoms with Crippen molar-refractivity contribution in [2.45, 2.75) is 25.8 Å². The maximum absolute atomic E-state index is 11.8. The van der Waals surface area contributed by atoms with E-state index in [-0.39, 0.29) is 36.8 Å². The summed E-state index contributed by atoms with van der Waals surface area (Å²) in [5, 5.41) is 2.96. The molecule has 2 fully saturated rings. The number of nitrogens with one attached hydrogen (secondary N) is 1. The number of halogens is 2. The molecule has 1 atom stereocenters. The highest BCUT2D eigenvalue weighted by atomic mass is 35.5. The SMILES string of the molecule is CCN1CCN(CC(=O)NCC(N)C2CC2)CC1.Cl.Cl. The highest BCUT2D eigenvalue weighted by molar-refractivity contribution is 5.85. The van der Waals surface area contributed by atoms with Gasteiger partial charge in [0.1, 0.15) is 0 Å². The zero-order valence-corrected chi connectivity index (χ0v) is 13.8. The number of rotatable bonds is 6. The van der Waals surface area contributed by atoms with Gasteiger partial charge in [0.15, 0.2) is 0 Å². The predicted octanol–water partition coefficient (Wildman–Crippen LogP) is 0.321. The van der Waals surface area contributed by atoms with Crippen molar-refractivity contribution in [3.05, 3.63) is 0 Å². The van der Waals surface area contributed by atoms with Crippen molar-refractivity contribution >= 4 is 30.7 Å². The third-order valence-electron chi connectivity index (χ3n) is 4.04. The van der Waals surface area contributed by atoms with Crippen molar-refractivity contribution in [3.8, 4) is 0 Å². The number of nitrogens with two attached hydrogens (primary N) is 1. The average molecular weight is 327 g/mol. The summed E-state index contributed by atoms with van der Waals surface area (Å²) in [6, 6.07) is 0.158. The molecule has 0 aromatic heterocycles. The van der Waals surface area contributed by atoms with Crippen LogP contribution in [0.25, 0.3) is 0 Å². The first kappa shape index (κ1) is 19.9. The van der Waals surface area contributed by atoms with Gasteiger partial charge >= 0.3 is 0 Å². The number of hydrogen-bond acceptors (Lipinski definition) is 4. The van der Waals surface area contributed by atoms with Crippen LogP contribution in [0.5, 0.6) is 0 Å². The molecular weight excluding hydrogens is 299 g/mol. The van der Waals surface area contributed by atoms with Crippen LogP contribution in [0.4, 0.5) is 0 Å². The molecule has 1 aliphatic heterocycles. The Morgan fingerprint density at radius 1 is 1.20 bits per heavy atom. The molecule has 0 aromatic rings. The lowest BCUT2D eigenvalue weighted by Crippen LogP contribution is -2.50. The molecule has 1 saturated heterocycles. The van der Waals surface area contributed by atoms with E-state index in [4.69, 9.17) is 5.73 Å². The molecular formula is C13H28Cl2N4O. The second-order valence-corrected chi connectivity index (χ2v) is 5.52. The smallest absolute Gasteiger partial charge is 0.234 e. The Labute approximate surface area is 134 Å². The van der Waals surface area contributed by atoms with Gasteiger partial charge in [0.25, 0.3) is 0 Å². The van der Waals surface area contributed by atoms with Gasteiger partial charge in [0, 0.05) is 38.8 Å². The monoisotopic (exact) mass is 326 g/mol. The number of carbonyl (C=O) groups is 1. The lowest BCUT2D eigenvalue weighted by molar-refractivity contribution is -0.122. The first-order valence-corrected chi connectivity index (χ1v) is 7.16. The van der Waals surface area contributed by atoms with Crippen LogP contribution in [0.1, 0.15) is 19.8 Å². The fraction of sp³-hybridized carbons (Fsp3) is 0.923. The zero-order valence-electron chi connectivity index (χ0n) is 12.2. The minimum Gasteiger partial charge on any atom is -0.353 e. The van der Waals surface area contributed by atoms with Gasteiger partial charge in [-0.3, -0.25) is 9.69 Å². The summed E-state index contributed by atoms with van der Waals surface area (Å²) < 4.78 is 0. The third kappa shape index (κ3) is 6.59. The summed E-state index contributed by atoms with van der Waals surface area (Å²) >= 11 is 0. The van der Waals surface area contributed by atoms with Crippen molar-refractivity contribution in [2.75, 3.05) is 45.8 Å². The molecule has 0 aromatic carbocycles. The maximum Gasteiger partial charge on any atom is 0.234 e. The van der Waals surface area contributed by atoms with Crippen LogP contribution in [0.2, 0.25) is 0 Å². The second-order valence-electron chi connectivity index (χ2n) is 5.52. The van der Waals surface area contributed by atoms with E-state index in [2.05, 4.69) is 22.0 Å². The highest BCUT2D eigenvalue weighted by Gasteiger charge is 2.28. The van der Waals surface area contributed by atoms with Crippen LogP contribution in [0, 0.1) is 5.92 Å². The van der Waals surface area contributed by atoms with Gasteiger partial charge in [-0.2, -0.15) is 0 Å². The van der Waals surface area contributed by atoms with E-state index in [0.717, 1.165) is 32.7 Å². The minimum atomic E-state index is 0. The lowest BCUT2D eigenvalue weighted by atomic mass is 10.2. The van der Waals surface area contributed by atoms with E-state index in [0.29, 0.717) is 19.0 Å². The topological polar surface area (TPSA) is 61.6 Å². The molecule has 0 spiro atoms. The number of carbonyl (C=O) groups excluding carboxylic acids is 1. The van der Waals surface area contributed by atoms with E-state index in [9.17, 15) is 4.79 Å². The van der Waals surface area contributed by atoms with Crippen LogP contribution in [0.3, 0.4) is 0 Å². The van der Waals surface area contributed by atoms with Gasteiger partial charge in [-0.25, -0.2) is 0 Å². The molecule has 120 valence electrons. The molecule has 0 radical (unpaired) electrons. The molecule has 0 bridgehead atoms. The van der Waals surface area contributed by atoms with E-state index in [1.165, 1.54) is 12.8 Å². The predicted molar refractivity (Wildman–Crippen MR) is 86.8 cm³/mol. The summed E-state index contributed by atoms with van der Waals surface area (Å²) in [7, 11) is 0. The number of amides is 1. The molecule has 1 amide bonds. The average Bonchev–Trinajstić information content (AvgIpc) is 3.21. The van der Waals surface area contributed by atoms with Gasteiger partial charge in [-0.1, -0.05) is 6.92 Å². The van der Waals surface area contributed by atoms with E-state index in [1.54, 1.807) is 0 Å². The molecule has 3 N–H and O–H groups in total. The Morgan fingerprint density at radius 2 is 1.75 bits per heavy atom. The number of nitrogens with zero attached hydrogens (tertiary/aromatic N) is 2. The van der Waals surface area contributed by atoms with Crippen LogP contribution in [-0.4, -0.2) is 67.6 Å². The number of piperazine rings is 1. The Bertz CT molecular complexity index is 282. The fourth-order valence-corrected chi connectivity index (χ4v) is 2.45. The van der Waals surface area contributed by atoms with Crippen molar-refractivity contribution in [3.63, 3.8) is 0 Å². The van der Waals surface area contributed by atoms with E-state index in [1.807, 2.05) is 0 Å². The molecule has 7 heteroatoms. The molecule has 1 unspecified atom stereocenters. The van der Waals surface area contributed by atoms with Gasteiger partial charge in [0.2, 0.25) is 5.91 Å². The fourth-order valence-electron chi connectivity index (χ4n) is 2.45. The minimum absolute atomic E-state index is 0. The van der Waals surface area contributed by atoms with Crippen LogP contribution >= 0.6 is 24.8 Å². The van der Waals surface area contributed by atoms with Gasteiger partial charge < -0.3 is 16.0 Å². The van der Waals surface area contributed by atoms with Gasteiger partial charge in [0.05, 0.1) is 6.54 Å². The summed E-state index contributed by atoms with van der Waals surface area (Å²) in [6.07, 6.45) is 2.46. The largest absolute Gasteiger partial charge is 0.353 e. The Morgan fingerprint density at radius 3 is 2.25 bits per heavy atom. The summed E-state index contributed by atoms with van der Waals surface area (Å²) in [5.41, 5.74) is 5.96. The number of hydrogen-bond donors (Lipinski definition) is 2. The Kier molecular flexibility index (Phi) is 9.76. The molecule has 2 aliphatic rings. The molecule has 5 nitrogen and oxygen atoms in total. The van der Waals surface area contributed by atoms with Crippen molar-refractivity contribution in [1.82, 2.24) is 15.1 Å². The summed E-state index contributed by atoms with van der Waals surface area (Å²) in [5.74, 6) is 0.773. The van der Waals surface area contributed by atoms with Crippen LogP contribution in [0.15, 0.2) is 0 Å². The molecule has 1 aliphatic carbocycles. The molecule has 20 heavy (non-hydrogen) atoms. The Balaban J connectivity index is 0.00000180. The molecule has 2 rings (SSSR count). The summed E-state index contributed by atoms with van der Waals surface area (Å²) in [6.45, 7) is 8.59. The molecule has 1 saturated carbocycles. The van der Waals surface area contributed by atoms with Crippen LogP contribution in [-0.2, 0) is 4.79 Å². The van der Waals surface area contributed by atoms with Crippen molar-refractivity contribution < 1.29 is 4.79 Å². The quantitative estimate of drug-likeness (QED) is 0.738. The maximum atomic E-state index is 11.8. The van der Waals surface area contributed by atoms with Gasteiger partial charge in [-0.05, 0) is 25.3 Å². The lowest BCUT2D eigenvalue weighted by Gasteiger charge is -2.33. The highest BCUT2D eigenvalue weighted by Crippen LogP contribution is 2.31. The van der Waals surface area contributed by atoms with Crippen molar-refractivity contribution in [1.29, 1.82) is 0 Å². The first-order chi connectivity index (χ1) is 8.69. The van der Waals surface area contributed by atoms with E-state index < -0.39 is 0 Å². The summed E-state index contributed by atoms with van der Waals surface area (Å²) in [4.78, 5) is 16.4. The van der Waals surface area contributed by atoms with Crippen molar-refractivity contribution in [2.24, 2.45) is 11.7 Å². The second kappa shape index (κ2) is 9.79. The van der Waals surface area contributed by atoms with Crippen LogP contribution < -0.4 is 11.1 Å². The molecule has 1 heterocycles. The Hall–Kier alpha value is -0.0700. The van der Waals surface area contributed by atoms with Gasteiger partial charge in [-0.15, -0.1) is 24.8 Å². The van der Waals surface area contributed by atoms with E-state index >= 15 is 0 Å². The third-order valence-corrected chi connectivity index (χ3v) is 4.04. The zero-order chi connectivity index (χ0) is 13.0. The standard InChI is InChI=1S/C13H26N4O.2ClH/c1-2-16-5-7-17(8-6-16)10-13(18)15-9-12(14)11-3-4-11;;/h11-12H,2-10,14H2,1H3,(H,15,18);2*1H.